The van der Waals surface area contributed by atoms with E-state index in [1.54, 1.807) is 25.1 Å². The Morgan fingerprint density at radius 2 is 1.73 bits per heavy atom. The van der Waals surface area contributed by atoms with Crippen LogP contribution >= 0.6 is 0 Å². The van der Waals surface area contributed by atoms with E-state index in [2.05, 4.69) is 20.8 Å². The number of H-pyrrole nitrogens is 1. The fraction of sp³-hybridized carbons (Fsp3) is 0.261. The number of anilines is 1. The van der Waals surface area contributed by atoms with Gasteiger partial charge in [0, 0.05) is 22.7 Å². The lowest BCUT2D eigenvalue weighted by molar-refractivity contribution is -0.118. The molecule has 1 aliphatic heterocycles. The second-order valence-electron chi connectivity index (χ2n) is 7.49. The molecule has 33 heavy (non-hydrogen) atoms. The monoisotopic (exact) mass is 454 g/mol. The number of ether oxygens (including phenoxy) is 3. The summed E-state index contributed by atoms with van der Waals surface area (Å²) in [6, 6.07) is 8.11. The van der Waals surface area contributed by atoms with Crippen LogP contribution in [-0.2, 0) is 4.79 Å². The minimum atomic E-state index is -1.03. The number of methoxy groups -OCH3 is 3. The van der Waals surface area contributed by atoms with Crippen molar-refractivity contribution >= 4 is 17.6 Å². The molecular formula is C23H23FN4O5. The predicted octanol–water partition coefficient (Wildman–Crippen LogP) is 2.77. The first-order valence-corrected chi connectivity index (χ1v) is 10.1. The highest BCUT2D eigenvalue weighted by Crippen LogP contribution is 2.39. The van der Waals surface area contributed by atoms with Crippen molar-refractivity contribution in [3.05, 3.63) is 64.6 Å². The molecule has 9 nitrogen and oxygen atoms in total. The highest BCUT2D eigenvalue weighted by atomic mass is 19.1. The SMILES string of the molecule is COc1ccc([C@@H]2c3c(n[nH]c3C)NC(=O)[C@H]2NC(=O)c2ccc(OC)c(OC)c2)cc1F. The highest BCUT2D eigenvalue weighted by molar-refractivity contribution is 6.04. The van der Waals surface area contributed by atoms with Crippen LogP contribution in [0.5, 0.6) is 17.2 Å². The van der Waals surface area contributed by atoms with E-state index in [-0.39, 0.29) is 11.3 Å². The number of nitrogens with zero attached hydrogens (tertiary/aromatic N) is 1. The number of fused-ring (bicyclic) bond motifs is 1. The largest absolute Gasteiger partial charge is 0.494 e. The van der Waals surface area contributed by atoms with Gasteiger partial charge in [0.05, 0.1) is 21.3 Å². The number of amides is 2. The van der Waals surface area contributed by atoms with Gasteiger partial charge in [-0.1, -0.05) is 6.07 Å². The average Bonchev–Trinajstić information content (AvgIpc) is 3.18. The van der Waals surface area contributed by atoms with Gasteiger partial charge in [-0.05, 0) is 42.8 Å². The fourth-order valence-electron chi connectivity index (χ4n) is 4.01. The lowest BCUT2D eigenvalue weighted by Gasteiger charge is -2.32. The van der Waals surface area contributed by atoms with Gasteiger partial charge in [-0.25, -0.2) is 4.39 Å². The number of benzene rings is 2. The summed E-state index contributed by atoms with van der Waals surface area (Å²) in [5.41, 5.74) is 2.12. The zero-order valence-corrected chi connectivity index (χ0v) is 18.5. The summed E-state index contributed by atoms with van der Waals surface area (Å²) in [6.45, 7) is 1.80. The topological polar surface area (TPSA) is 115 Å². The van der Waals surface area contributed by atoms with Gasteiger partial charge < -0.3 is 24.8 Å². The number of halogens is 1. The number of hydrogen-bond donors (Lipinski definition) is 3. The van der Waals surface area contributed by atoms with Crippen LogP contribution in [0.25, 0.3) is 0 Å². The van der Waals surface area contributed by atoms with Crippen LogP contribution < -0.4 is 24.8 Å². The number of carbonyl (C=O) groups is 2. The van der Waals surface area contributed by atoms with Crippen LogP contribution in [-0.4, -0.2) is 49.4 Å². The van der Waals surface area contributed by atoms with E-state index in [9.17, 15) is 14.0 Å². The molecule has 0 spiro atoms. The molecule has 0 saturated carbocycles. The Bertz CT molecular complexity index is 1230. The van der Waals surface area contributed by atoms with Crippen molar-refractivity contribution in [3.8, 4) is 17.2 Å². The Kier molecular flexibility index (Phi) is 5.91. The van der Waals surface area contributed by atoms with Gasteiger partial charge in [0.2, 0.25) is 5.91 Å². The maximum Gasteiger partial charge on any atom is 0.252 e. The van der Waals surface area contributed by atoms with Gasteiger partial charge in [-0.15, -0.1) is 0 Å². The number of rotatable bonds is 6. The van der Waals surface area contributed by atoms with Gasteiger partial charge in [-0.3, -0.25) is 14.7 Å². The third-order valence-electron chi connectivity index (χ3n) is 5.63. The normalized spacial score (nSPS) is 17.1. The molecule has 3 aromatic rings. The third-order valence-corrected chi connectivity index (χ3v) is 5.63. The first kappa shape index (κ1) is 22.1. The Morgan fingerprint density at radius 3 is 2.39 bits per heavy atom. The van der Waals surface area contributed by atoms with Gasteiger partial charge >= 0.3 is 0 Å². The second-order valence-corrected chi connectivity index (χ2v) is 7.49. The van der Waals surface area contributed by atoms with Crippen LogP contribution in [0.1, 0.15) is 33.1 Å². The molecule has 1 aromatic heterocycles. The van der Waals surface area contributed by atoms with E-state index in [0.717, 1.165) is 0 Å². The zero-order valence-electron chi connectivity index (χ0n) is 18.5. The number of carbonyl (C=O) groups excluding carboxylic acids is 2. The molecule has 0 bridgehead atoms. The van der Waals surface area contributed by atoms with Crippen molar-refractivity contribution in [3.63, 3.8) is 0 Å². The van der Waals surface area contributed by atoms with Crippen molar-refractivity contribution in [1.82, 2.24) is 15.5 Å². The van der Waals surface area contributed by atoms with E-state index < -0.39 is 29.6 Å². The minimum Gasteiger partial charge on any atom is -0.494 e. The zero-order chi connectivity index (χ0) is 23.7. The molecule has 172 valence electrons. The molecular weight excluding hydrogens is 431 g/mol. The molecule has 0 fully saturated rings. The summed E-state index contributed by atoms with van der Waals surface area (Å²) in [7, 11) is 4.33. The smallest absolute Gasteiger partial charge is 0.252 e. The van der Waals surface area contributed by atoms with Crippen molar-refractivity contribution in [2.24, 2.45) is 0 Å². The van der Waals surface area contributed by atoms with Crippen LogP contribution in [0.3, 0.4) is 0 Å². The Balaban J connectivity index is 1.74. The number of nitrogens with one attached hydrogen (secondary N) is 3. The fourth-order valence-corrected chi connectivity index (χ4v) is 4.01. The third kappa shape index (κ3) is 3.95. The summed E-state index contributed by atoms with van der Waals surface area (Å²) in [6.07, 6.45) is 0. The minimum absolute atomic E-state index is 0.0778. The molecule has 1 aliphatic rings. The molecule has 10 heteroatoms. The van der Waals surface area contributed by atoms with Gasteiger partial charge in [0.25, 0.3) is 5.91 Å². The summed E-state index contributed by atoms with van der Waals surface area (Å²) in [5, 5.41) is 12.5. The molecule has 0 unspecified atom stereocenters. The summed E-state index contributed by atoms with van der Waals surface area (Å²) >= 11 is 0. The van der Waals surface area contributed by atoms with Crippen LogP contribution in [0.15, 0.2) is 36.4 Å². The number of aromatic amines is 1. The molecule has 2 heterocycles. The van der Waals surface area contributed by atoms with E-state index in [0.29, 0.717) is 34.1 Å². The maximum absolute atomic E-state index is 14.6. The lowest BCUT2D eigenvalue weighted by atomic mass is 9.81. The van der Waals surface area contributed by atoms with Crippen LogP contribution in [0.4, 0.5) is 10.2 Å². The first-order valence-electron chi connectivity index (χ1n) is 10.1. The molecule has 0 aliphatic carbocycles. The van der Waals surface area contributed by atoms with E-state index in [1.165, 1.54) is 39.5 Å². The summed E-state index contributed by atoms with van der Waals surface area (Å²) in [4.78, 5) is 26.1. The first-order chi connectivity index (χ1) is 15.9. The van der Waals surface area contributed by atoms with Crippen molar-refractivity contribution in [2.45, 2.75) is 18.9 Å². The molecule has 0 radical (unpaired) electrons. The Labute approximate surface area is 189 Å². The molecule has 3 N–H and O–H groups in total. The molecule has 4 rings (SSSR count). The van der Waals surface area contributed by atoms with Crippen LogP contribution in [0, 0.1) is 12.7 Å². The molecule has 2 amide bonds. The average molecular weight is 454 g/mol. The van der Waals surface area contributed by atoms with E-state index in [1.807, 2.05) is 0 Å². The standard InChI is InChI=1S/C23H23FN4O5/c1-11-18-19(12-5-7-15(31-2)14(24)9-12)20(23(30)26-21(18)28-27-11)25-22(29)13-6-8-16(32-3)17(10-13)33-4/h5-10,19-20H,1-4H3,(H,25,29)(H2,26,27,28,30)/t19-,20+/m1/s1. The molecule has 2 aromatic carbocycles. The number of aromatic nitrogens is 2. The quantitative estimate of drug-likeness (QED) is 0.528. The van der Waals surface area contributed by atoms with Gasteiger partial charge in [-0.2, -0.15) is 5.10 Å². The van der Waals surface area contributed by atoms with Crippen molar-refractivity contribution < 1.29 is 28.2 Å². The Hall–Kier alpha value is -4.08. The number of aryl methyl sites for hydroxylation is 1. The molecule has 0 saturated heterocycles. The van der Waals surface area contributed by atoms with Crippen LogP contribution in [0.2, 0.25) is 0 Å². The van der Waals surface area contributed by atoms with E-state index in [4.69, 9.17) is 14.2 Å². The van der Waals surface area contributed by atoms with Gasteiger partial charge in [0.15, 0.2) is 28.9 Å². The lowest BCUT2D eigenvalue weighted by Crippen LogP contribution is -2.50. The van der Waals surface area contributed by atoms with Crippen molar-refractivity contribution in [2.75, 3.05) is 26.6 Å². The summed E-state index contributed by atoms with van der Waals surface area (Å²) in [5.74, 6) is -0.964. The maximum atomic E-state index is 14.6. The van der Waals surface area contributed by atoms with Gasteiger partial charge in [0.1, 0.15) is 6.04 Å². The van der Waals surface area contributed by atoms with E-state index >= 15 is 0 Å². The van der Waals surface area contributed by atoms with Crippen molar-refractivity contribution in [1.29, 1.82) is 0 Å². The predicted molar refractivity (Wildman–Crippen MR) is 118 cm³/mol. The second kappa shape index (κ2) is 8.81. The Morgan fingerprint density at radius 1 is 1.03 bits per heavy atom. The molecule has 2 atom stereocenters. The number of hydrogen-bond acceptors (Lipinski definition) is 6. The summed E-state index contributed by atoms with van der Waals surface area (Å²) < 4.78 is 30.0. The highest BCUT2D eigenvalue weighted by Gasteiger charge is 2.41.